The van der Waals surface area contributed by atoms with Gasteiger partial charge in [-0.15, -0.1) is 0 Å². The summed E-state index contributed by atoms with van der Waals surface area (Å²) < 4.78 is 26.0. The summed E-state index contributed by atoms with van der Waals surface area (Å²) in [6.45, 7) is 0.852. The highest BCUT2D eigenvalue weighted by atomic mass is 32.2. The molecule has 7 nitrogen and oxygen atoms in total. The van der Waals surface area contributed by atoms with Crippen LogP contribution in [-0.2, 0) is 10.0 Å². The Labute approximate surface area is 134 Å². The summed E-state index contributed by atoms with van der Waals surface area (Å²) in [5.41, 5.74) is 0.432. The predicted molar refractivity (Wildman–Crippen MR) is 84.8 cm³/mol. The SMILES string of the molecule is CNS(=O)(=O)c1ccc(N2C[C@H]3[C@H]4CC[C@@H](C4)[C@H]32)c([N+](=O)[O-])c1. The van der Waals surface area contributed by atoms with Gasteiger partial charge in [0.15, 0.2) is 0 Å². The fourth-order valence-corrected chi connectivity index (χ4v) is 5.52. The average Bonchev–Trinajstić information content (AvgIpc) is 3.04. The quantitative estimate of drug-likeness (QED) is 0.667. The number of rotatable bonds is 4. The van der Waals surface area contributed by atoms with Crippen molar-refractivity contribution in [1.29, 1.82) is 0 Å². The summed E-state index contributed by atoms with van der Waals surface area (Å²) in [5, 5.41) is 11.4. The molecule has 0 aromatic heterocycles. The van der Waals surface area contributed by atoms with Crippen LogP contribution in [-0.4, -0.2) is 33.0 Å². The zero-order valence-corrected chi connectivity index (χ0v) is 13.6. The highest BCUT2D eigenvalue weighted by Gasteiger charge is 2.57. The van der Waals surface area contributed by atoms with Gasteiger partial charge in [0, 0.05) is 18.7 Å². The van der Waals surface area contributed by atoms with Gasteiger partial charge in [-0.3, -0.25) is 10.1 Å². The molecule has 1 heterocycles. The fraction of sp³-hybridized carbons (Fsp3) is 0.600. The van der Waals surface area contributed by atoms with Gasteiger partial charge in [0.1, 0.15) is 5.69 Å². The lowest BCUT2D eigenvalue weighted by Gasteiger charge is -2.51. The molecule has 0 unspecified atom stereocenters. The van der Waals surface area contributed by atoms with E-state index in [9.17, 15) is 18.5 Å². The van der Waals surface area contributed by atoms with Crippen molar-refractivity contribution in [3.05, 3.63) is 28.3 Å². The predicted octanol–water partition coefficient (Wildman–Crippen LogP) is 1.74. The molecule has 4 rings (SSSR count). The Balaban J connectivity index is 1.71. The molecule has 2 aliphatic carbocycles. The highest BCUT2D eigenvalue weighted by Crippen LogP contribution is 2.57. The van der Waals surface area contributed by atoms with Gasteiger partial charge in [-0.2, -0.15) is 0 Å². The zero-order chi connectivity index (χ0) is 16.4. The van der Waals surface area contributed by atoms with E-state index in [1.165, 1.54) is 38.4 Å². The van der Waals surface area contributed by atoms with Crippen LogP contribution in [0, 0.1) is 27.9 Å². The molecule has 3 fully saturated rings. The van der Waals surface area contributed by atoms with Crippen molar-refractivity contribution in [2.24, 2.45) is 17.8 Å². The average molecular weight is 337 g/mol. The van der Waals surface area contributed by atoms with Crippen LogP contribution in [0.4, 0.5) is 11.4 Å². The van der Waals surface area contributed by atoms with Crippen LogP contribution in [0.2, 0.25) is 0 Å². The summed E-state index contributed by atoms with van der Waals surface area (Å²) in [5.74, 6) is 2.08. The Morgan fingerprint density at radius 3 is 2.70 bits per heavy atom. The van der Waals surface area contributed by atoms with Crippen molar-refractivity contribution < 1.29 is 13.3 Å². The third-order valence-electron chi connectivity index (χ3n) is 5.84. The van der Waals surface area contributed by atoms with Crippen LogP contribution in [0.1, 0.15) is 19.3 Å². The van der Waals surface area contributed by atoms with E-state index in [-0.39, 0.29) is 10.6 Å². The molecule has 1 aromatic carbocycles. The topological polar surface area (TPSA) is 92.6 Å². The molecule has 3 aliphatic rings. The van der Waals surface area contributed by atoms with Crippen molar-refractivity contribution in [2.75, 3.05) is 18.5 Å². The summed E-state index contributed by atoms with van der Waals surface area (Å²) in [6.07, 6.45) is 3.75. The third kappa shape index (κ3) is 2.08. The van der Waals surface area contributed by atoms with E-state index in [0.29, 0.717) is 23.6 Å². The molecular formula is C15H19N3O4S. The van der Waals surface area contributed by atoms with Crippen LogP contribution in [0.15, 0.2) is 23.1 Å². The first-order valence-electron chi connectivity index (χ1n) is 7.91. The molecule has 1 saturated heterocycles. The van der Waals surface area contributed by atoms with Crippen LogP contribution in [0.3, 0.4) is 0 Å². The van der Waals surface area contributed by atoms with Crippen molar-refractivity contribution in [3.63, 3.8) is 0 Å². The standard InChI is InChI=1S/C15H19N3O4S/c1-16-23(21,22)11-4-5-13(14(7-11)18(19)20)17-8-12-9-2-3-10(6-9)15(12)17/h4-5,7,9-10,12,15-16H,2-3,6,8H2,1H3/t9-,10-,12-,15+/m0/s1. The molecule has 124 valence electrons. The minimum Gasteiger partial charge on any atom is -0.362 e. The molecule has 1 aliphatic heterocycles. The number of hydrogen-bond donors (Lipinski definition) is 1. The van der Waals surface area contributed by atoms with E-state index in [4.69, 9.17) is 0 Å². The summed E-state index contributed by atoms with van der Waals surface area (Å²) in [6, 6.07) is 4.61. The Morgan fingerprint density at radius 2 is 2.04 bits per heavy atom. The maximum Gasteiger partial charge on any atom is 0.293 e. The molecule has 2 saturated carbocycles. The van der Waals surface area contributed by atoms with E-state index in [1.807, 2.05) is 0 Å². The van der Waals surface area contributed by atoms with E-state index in [1.54, 1.807) is 6.07 Å². The van der Waals surface area contributed by atoms with Crippen LogP contribution in [0.5, 0.6) is 0 Å². The maximum atomic E-state index is 11.9. The van der Waals surface area contributed by atoms with Crippen molar-refractivity contribution in [1.82, 2.24) is 4.72 Å². The monoisotopic (exact) mass is 337 g/mol. The number of sulfonamides is 1. The van der Waals surface area contributed by atoms with E-state index >= 15 is 0 Å². The first kappa shape index (κ1) is 14.9. The number of hydrogen-bond acceptors (Lipinski definition) is 5. The zero-order valence-electron chi connectivity index (χ0n) is 12.8. The second-order valence-corrected chi connectivity index (χ2v) is 8.64. The van der Waals surface area contributed by atoms with Gasteiger partial charge in [0.25, 0.3) is 5.69 Å². The first-order valence-corrected chi connectivity index (χ1v) is 9.39. The Bertz CT molecular complexity index is 777. The number of anilines is 1. The second kappa shape index (κ2) is 4.91. The number of nitrogens with one attached hydrogen (secondary N) is 1. The third-order valence-corrected chi connectivity index (χ3v) is 7.25. The molecule has 0 spiro atoms. The van der Waals surface area contributed by atoms with E-state index in [0.717, 1.165) is 12.5 Å². The van der Waals surface area contributed by atoms with Crippen molar-refractivity contribution >= 4 is 21.4 Å². The first-order chi connectivity index (χ1) is 10.9. The highest BCUT2D eigenvalue weighted by molar-refractivity contribution is 7.89. The van der Waals surface area contributed by atoms with Gasteiger partial charge in [-0.25, -0.2) is 13.1 Å². The van der Waals surface area contributed by atoms with Crippen molar-refractivity contribution in [2.45, 2.75) is 30.2 Å². The van der Waals surface area contributed by atoms with Gasteiger partial charge < -0.3 is 4.90 Å². The number of nitrogens with zero attached hydrogens (tertiary/aromatic N) is 2. The molecule has 0 radical (unpaired) electrons. The van der Waals surface area contributed by atoms with Crippen LogP contribution < -0.4 is 9.62 Å². The number of fused-ring (bicyclic) bond motifs is 5. The Morgan fingerprint density at radius 1 is 1.30 bits per heavy atom. The second-order valence-electron chi connectivity index (χ2n) is 6.76. The number of benzene rings is 1. The normalized spacial score (nSPS) is 31.8. The fourth-order valence-electron chi connectivity index (χ4n) is 4.77. The molecular weight excluding hydrogens is 318 g/mol. The van der Waals surface area contributed by atoms with Gasteiger partial charge in [-0.1, -0.05) is 0 Å². The van der Waals surface area contributed by atoms with Crippen molar-refractivity contribution in [3.8, 4) is 0 Å². The van der Waals surface area contributed by atoms with Gasteiger partial charge in [-0.05, 0) is 56.2 Å². The largest absolute Gasteiger partial charge is 0.362 e. The summed E-state index contributed by atoms with van der Waals surface area (Å²) in [7, 11) is -2.39. The summed E-state index contributed by atoms with van der Waals surface area (Å²) >= 11 is 0. The smallest absolute Gasteiger partial charge is 0.293 e. The summed E-state index contributed by atoms with van der Waals surface area (Å²) in [4.78, 5) is 13.0. The maximum absolute atomic E-state index is 11.9. The molecule has 4 atom stereocenters. The van der Waals surface area contributed by atoms with E-state index in [2.05, 4.69) is 9.62 Å². The lowest BCUT2D eigenvalue weighted by molar-refractivity contribution is -0.384. The van der Waals surface area contributed by atoms with Gasteiger partial charge in [0.2, 0.25) is 10.0 Å². The minimum atomic E-state index is -3.68. The van der Waals surface area contributed by atoms with Gasteiger partial charge >= 0.3 is 0 Å². The minimum absolute atomic E-state index is 0.0690. The molecule has 1 N–H and O–H groups in total. The molecule has 23 heavy (non-hydrogen) atoms. The molecule has 1 aromatic rings. The number of nitro benzene ring substituents is 1. The Kier molecular flexibility index (Phi) is 3.18. The Hall–Kier alpha value is -1.67. The lowest BCUT2D eigenvalue weighted by atomic mass is 9.76. The van der Waals surface area contributed by atoms with E-state index < -0.39 is 14.9 Å². The van der Waals surface area contributed by atoms with Gasteiger partial charge in [0.05, 0.1) is 9.82 Å². The van der Waals surface area contributed by atoms with Crippen LogP contribution >= 0.6 is 0 Å². The molecule has 0 amide bonds. The molecule has 8 heteroatoms. The lowest BCUT2D eigenvalue weighted by Crippen LogP contribution is -2.59. The number of nitro groups is 1. The van der Waals surface area contributed by atoms with Crippen LogP contribution in [0.25, 0.3) is 0 Å². The molecule has 2 bridgehead atoms.